The predicted molar refractivity (Wildman–Crippen MR) is 363 cm³/mol. The van der Waals surface area contributed by atoms with Crippen LogP contribution in [-0.4, -0.2) is 18.7 Å². The van der Waals surface area contributed by atoms with Crippen LogP contribution in [0.25, 0.3) is 34.4 Å². The fourth-order valence-corrected chi connectivity index (χ4v) is 12.6. The number of hydrogen-bond donors (Lipinski definition) is 1. The van der Waals surface area contributed by atoms with Crippen molar-refractivity contribution >= 4 is 62.1 Å². The van der Waals surface area contributed by atoms with E-state index >= 15 is 0 Å². The van der Waals surface area contributed by atoms with Crippen molar-refractivity contribution in [1.82, 2.24) is 0 Å². The molecule has 0 radical (unpaired) electrons. The minimum Gasteiger partial charge on any atom is -0.662 e. The van der Waals surface area contributed by atoms with Gasteiger partial charge in [0.05, 0.1) is 19.4 Å². The maximum atomic E-state index is 10.0. The van der Waals surface area contributed by atoms with Gasteiger partial charge in [0.25, 0.3) is 6.47 Å². The number of carbonyl (C=O) groups is 1. The van der Waals surface area contributed by atoms with Crippen LogP contribution in [0.15, 0.2) is 253 Å². The first kappa shape index (κ1) is 67.9. The molecule has 10 heteroatoms. The molecule has 442 valence electrons. The summed E-state index contributed by atoms with van der Waals surface area (Å²) in [5, 5.41) is 18.4. The SMILES string of the molecule is C=Cc1ccc(CCl)cc1.C=Cc1ccc(COc2ccc(C3(c4ccc(C(C)(C)C)cc4)c4ccccc4-c4ccc(Br)cc43)cc2)cc1.CC(C)(C)c1ccc(C2(c3ccc(O)cc3)c3ccccc3-c3ccc(Br)cc32)cc1.O=CO[O-].[2H]CF.[Cs+]. The second-order valence-corrected chi connectivity index (χ2v) is 25.3. The van der Waals surface area contributed by atoms with Crippen LogP contribution in [0.5, 0.6) is 11.5 Å². The van der Waals surface area contributed by atoms with Gasteiger partial charge in [0.15, 0.2) is 0 Å². The van der Waals surface area contributed by atoms with Crippen LogP contribution in [0.4, 0.5) is 4.39 Å². The van der Waals surface area contributed by atoms with E-state index in [9.17, 15) is 9.50 Å². The van der Waals surface area contributed by atoms with E-state index in [1.54, 1.807) is 12.1 Å². The van der Waals surface area contributed by atoms with Crippen LogP contribution >= 0.6 is 43.5 Å². The third-order valence-electron chi connectivity index (χ3n) is 16.0. The quantitative estimate of drug-likeness (QED) is 0.0604. The van der Waals surface area contributed by atoms with Crippen LogP contribution in [0, 0.1) is 0 Å². The fourth-order valence-electron chi connectivity index (χ4n) is 11.7. The first-order valence-electron chi connectivity index (χ1n) is 29.1. The third-order valence-corrected chi connectivity index (χ3v) is 17.3. The molecular formula is C78H71Br2ClCsFO5. The summed E-state index contributed by atoms with van der Waals surface area (Å²) in [6.07, 6.45) is 3.67. The molecule has 0 bridgehead atoms. The van der Waals surface area contributed by atoms with E-state index in [0.717, 1.165) is 42.5 Å². The molecule has 0 saturated carbocycles. The summed E-state index contributed by atoms with van der Waals surface area (Å²) in [5.41, 5.74) is 21.6. The Morgan fingerprint density at radius 3 is 1.23 bits per heavy atom. The van der Waals surface area contributed by atoms with Gasteiger partial charge >= 0.3 is 68.9 Å². The molecule has 0 amide bonds. The smallest absolute Gasteiger partial charge is 0.662 e. The Morgan fingerprint density at radius 2 is 0.875 bits per heavy atom. The van der Waals surface area contributed by atoms with Crippen molar-refractivity contribution in [2.45, 2.75) is 75.7 Å². The van der Waals surface area contributed by atoms with E-state index in [0.29, 0.717) is 12.5 Å². The average Bonchev–Trinajstić information content (AvgIpc) is 1.58. The molecule has 1 N–H and O–H groups in total. The van der Waals surface area contributed by atoms with E-state index in [1.165, 1.54) is 72.3 Å². The summed E-state index contributed by atoms with van der Waals surface area (Å²) in [7, 11) is -1.00. The second kappa shape index (κ2) is 31.1. The van der Waals surface area contributed by atoms with Gasteiger partial charge in [0.2, 0.25) is 0 Å². The third kappa shape index (κ3) is 15.0. The number of aromatic hydroxyl groups is 1. The molecule has 2 unspecified atom stereocenters. The standard InChI is InChI=1S/C38H33BrO.C29H25BrO.C9H9Cl.CH3F.CH2O3.Cs/c1-5-26-10-12-27(13-11-26)25-40-32-21-18-30(19-22-32)38(29-16-14-28(15-17-29)37(2,3)4)35-9-7-6-8-33(35)34-23-20-31(39)24-36(34)38;1-28(2,3)19-8-10-20(11-9-19)29(21-12-15-23(31)16-13-21)26-7-5-4-6-24(26)25-17-14-22(30)18-27(25)29;1-2-8-3-5-9(7-10)6-4-8;1-2;2-1-4-3;/h5-24H,1,25H2,2-4H3;4-18,31H,1-3H3;2-6H,1,7H2;1H3;1,3H;/q;;;;;+1/p-1/i;;;1D;;. The van der Waals surface area contributed by atoms with Crippen LogP contribution < -0.4 is 78.9 Å². The van der Waals surface area contributed by atoms with Gasteiger partial charge in [-0.05, 0) is 160 Å². The van der Waals surface area contributed by atoms with E-state index in [1.807, 2.05) is 36.4 Å². The summed E-state index contributed by atoms with van der Waals surface area (Å²) < 4.78 is 23.8. The van der Waals surface area contributed by atoms with E-state index in [2.05, 4.69) is 286 Å². The van der Waals surface area contributed by atoms with Crippen LogP contribution in [0.2, 0.25) is 0 Å². The van der Waals surface area contributed by atoms with Gasteiger partial charge in [-0.2, -0.15) is 0 Å². The molecule has 0 saturated heterocycles. The van der Waals surface area contributed by atoms with Gasteiger partial charge in [-0.1, -0.05) is 281 Å². The van der Waals surface area contributed by atoms with Gasteiger partial charge in [-0.3, -0.25) is 9.18 Å². The number of phenolic OH excluding ortho intramolecular Hbond substituents is 1. The van der Waals surface area contributed by atoms with Crippen molar-refractivity contribution in [2.75, 3.05) is 7.15 Å². The van der Waals surface area contributed by atoms with Gasteiger partial charge in [0, 0.05) is 14.8 Å². The molecule has 10 aromatic carbocycles. The Bertz CT molecular complexity index is 3980. The topological polar surface area (TPSA) is 78.8 Å². The number of phenols is 1. The Labute approximate surface area is 601 Å². The monoisotopic (exact) mass is 1430 g/mol. The molecule has 10 aromatic rings. The predicted octanol–water partition coefficient (Wildman–Crippen LogP) is 17.2. The molecule has 5 nitrogen and oxygen atoms in total. The zero-order valence-corrected chi connectivity index (χ0v) is 61.0. The number of carbonyl (C=O) groups excluding carboxylic acids is 1. The number of benzene rings is 10. The number of halogens is 4. The molecule has 2 atom stereocenters. The fraction of sp³-hybridized carbons (Fsp3) is 0.167. The van der Waals surface area contributed by atoms with Crippen LogP contribution in [0.1, 0.15) is 121 Å². The molecular weight excluding hydrogens is 1360 g/mol. The minimum atomic E-state index is -1.00. The van der Waals surface area contributed by atoms with E-state index < -0.39 is 18.0 Å². The number of rotatable bonds is 11. The van der Waals surface area contributed by atoms with E-state index in [-0.39, 0.29) is 91.9 Å². The van der Waals surface area contributed by atoms with Gasteiger partial charge in [-0.25, -0.2) is 0 Å². The Morgan fingerprint density at radius 1 is 0.534 bits per heavy atom. The van der Waals surface area contributed by atoms with Crippen LogP contribution in [-0.2, 0) is 43.8 Å². The summed E-state index contributed by atoms with van der Waals surface area (Å²) in [6.45, 7) is 21.4. The maximum Gasteiger partial charge on any atom is 1.00 e. The second-order valence-electron chi connectivity index (χ2n) is 23.2. The molecule has 0 aliphatic heterocycles. The number of fused-ring (bicyclic) bond motifs is 6. The zero-order chi connectivity index (χ0) is 63.2. The van der Waals surface area contributed by atoms with Crippen molar-refractivity contribution < 1.29 is 99.4 Å². The van der Waals surface area contributed by atoms with Crippen molar-refractivity contribution in [3.05, 3.63) is 331 Å². The summed E-state index contributed by atoms with van der Waals surface area (Å²) >= 11 is 13.1. The molecule has 0 fully saturated rings. The van der Waals surface area contributed by atoms with Crippen LogP contribution in [0.3, 0.4) is 0 Å². The zero-order valence-electron chi connectivity index (χ0n) is 51.8. The molecule has 12 rings (SSSR count). The first-order chi connectivity index (χ1) is 42.3. The Kier molecular flexibility index (Phi) is 24.0. The minimum absolute atomic E-state index is 0. The maximum absolute atomic E-state index is 10.0. The Balaban J connectivity index is 0.000000203. The number of hydrogen-bond acceptors (Lipinski definition) is 5. The van der Waals surface area contributed by atoms with E-state index in [4.69, 9.17) is 27.8 Å². The Hall–Kier alpha value is -6.06. The first-order valence-corrected chi connectivity index (χ1v) is 30.5. The number of alkyl halides is 2. The van der Waals surface area contributed by atoms with Gasteiger partial charge < -0.3 is 20.0 Å². The van der Waals surface area contributed by atoms with Gasteiger partial charge in [0.1, 0.15) is 18.1 Å². The average molecular weight is 1440 g/mol. The largest absolute Gasteiger partial charge is 1.00 e. The van der Waals surface area contributed by atoms with Crippen molar-refractivity contribution in [1.29, 1.82) is 0 Å². The normalized spacial score (nSPS) is 14.8. The molecule has 0 heterocycles. The number of ether oxygens (including phenoxy) is 1. The molecule has 2 aliphatic carbocycles. The molecule has 88 heavy (non-hydrogen) atoms. The van der Waals surface area contributed by atoms with Crippen molar-refractivity contribution in [2.24, 2.45) is 0 Å². The molecule has 2 aliphatic rings. The molecule has 0 spiro atoms. The summed E-state index contributed by atoms with van der Waals surface area (Å²) in [5.74, 6) is 1.72. The molecule has 0 aromatic heterocycles. The summed E-state index contributed by atoms with van der Waals surface area (Å²) in [4.78, 5) is 11.2. The van der Waals surface area contributed by atoms with Crippen molar-refractivity contribution in [3.8, 4) is 33.8 Å². The summed E-state index contributed by atoms with van der Waals surface area (Å²) in [6, 6.07) is 81.8. The van der Waals surface area contributed by atoms with Gasteiger partial charge in [-0.15, -0.1) is 11.6 Å². The van der Waals surface area contributed by atoms with Crippen molar-refractivity contribution in [3.63, 3.8) is 0 Å².